The van der Waals surface area contributed by atoms with E-state index in [4.69, 9.17) is 16.2 Å². The molecule has 0 spiro atoms. The summed E-state index contributed by atoms with van der Waals surface area (Å²) in [5, 5.41) is 0. The molecule has 2 unspecified atom stereocenters. The third-order valence-electron chi connectivity index (χ3n) is 2.52. The third-order valence-corrected chi connectivity index (χ3v) is 2.52. The summed E-state index contributed by atoms with van der Waals surface area (Å²) in [5.74, 6) is 1.33. The molecule has 1 aliphatic carbocycles. The highest BCUT2D eigenvalue weighted by atomic mass is 16.5. The van der Waals surface area contributed by atoms with Gasteiger partial charge in [0.05, 0.1) is 12.6 Å². The number of hydrogen-bond acceptors (Lipinski definition) is 3. The molecule has 0 amide bonds. The molecule has 0 radical (unpaired) electrons. The Balaban J connectivity index is 2.76. The highest BCUT2D eigenvalue weighted by Gasteiger charge is 2.31. The molecule has 1 rings (SSSR count). The second-order valence-electron chi connectivity index (χ2n) is 4.34. The quantitative estimate of drug-likeness (QED) is 0.712. The van der Waals surface area contributed by atoms with E-state index in [0.29, 0.717) is 5.92 Å². The minimum atomic E-state index is -0.420. The van der Waals surface area contributed by atoms with Gasteiger partial charge in [-0.15, -0.1) is 0 Å². The molecule has 0 fully saturated rings. The van der Waals surface area contributed by atoms with Gasteiger partial charge < -0.3 is 16.2 Å². The lowest BCUT2D eigenvalue weighted by Gasteiger charge is -2.34. The van der Waals surface area contributed by atoms with E-state index >= 15 is 0 Å². The first-order valence-electron chi connectivity index (χ1n) is 4.97. The van der Waals surface area contributed by atoms with Crippen LogP contribution in [0, 0.1) is 5.92 Å². The van der Waals surface area contributed by atoms with Gasteiger partial charge in [-0.1, -0.05) is 19.9 Å². The molecule has 0 aliphatic heterocycles. The Morgan fingerprint density at radius 2 is 2.21 bits per heavy atom. The number of rotatable bonds is 3. The largest absolute Gasteiger partial charge is 0.497 e. The lowest BCUT2D eigenvalue weighted by atomic mass is 9.80. The van der Waals surface area contributed by atoms with Crippen LogP contribution in [0.15, 0.2) is 24.0 Å². The van der Waals surface area contributed by atoms with Gasteiger partial charge in [-0.2, -0.15) is 0 Å². The summed E-state index contributed by atoms with van der Waals surface area (Å²) in [4.78, 5) is 0. The van der Waals surface area contributed by atoms with Crippen molar-refractivity contribution < 1.29 is 4.74 Å². The summed E-state index contributed by atoms with van der Waals surface area (Å²) in [6, 6.07) is -0.162. The molecule has 0 aromatic heterocycles. The zero-order valence-corrected chi connectivity index (χ0v) is 9.16. The van der Waals surface area contributed by atoms with Crippen LogP contribution in [0.25, 0.3) is 0 Å². The first kappa shape index (κ1) is 11.3. The third kappa shape index (κ3) is 2.36. The molecule has 1 aliphatic rings. The van der Waals surface area contributed by atoms with E-state index in [9.17, 15) is 0 Å². The summed E-state index contributed by atoms with van der Waals surface area (Å²) in [6.45, 7) is 4.29. The van der Waals surface area contributed by atoms with Crippen LogP contribution in [0.5, 0.6) is 0 Å². The Bertz CT molecular complexity index is 258. The van der Waals surface area contributed by atoms with Crippen LogP contribution in [0.4, 0.5) is 0 Å². The van der Waals surface area contributed by atoms with Crippen LogP contribution in [-0.4, -0.2) is 18.7 Å². The number of ether oxygens (including phenoxy) is 1. The second-order valence-corrected chi connectivity index (χ2v) is 4.34. The van der Waals surface area contributed by atoms with E-state index in [-0.39, 0.29) is 6.04 Å². The van der Waals surface area contributed by atoms with Crippen molar-refractivity contribution in [3.05, 3.63) is 24.0 Å². The van der Waals surface area contributed by atoms with E-state index in [1.54, 1.807) is 7.11 Å². The average molecular weight is 196 g/mol. The maximum atomic E-state index is 6.21. The fraction of sp³-hybridized carbons (Fsp3) is 0.636. The van der Waals surface area contributed by atoms with Gasteiger partial charge in [0, 0.05) is 6.04 Å². The summed E-state index contributed by atoms with van der Waals surface area (Å²) in [7, 11) is 1.63. The minimum Gasteiger partial charge on any atom is -0.497 e. The van der Waals surface area contributed by atoms with Crippen LogP contribution in [0.2, 0.25) is 0 Å². The summed E-state index contributed by atoms with van der Waals surface area (Å²) in [5.41, 5.74) is 11.8. The first-order chi connectivity index (χ1) is 6.48. The van der Waals surface area contributed by atoms with E-state index in [1.165, 1.54) is 0 Å². The summed E-state index contributed by atoms with van der Waals surface area (Å²) in [6.07, 6.45) is 6.61. The van der Waals surface area contributed by atoms with Crippen molar-refractivity contribution in [2.45, 2.75) is 31.8 Å². The number of nitrogens with two attached hydrogens (primary N) is 2. The standard InChI is InChI=1S/C11H20N2O/c1-8(2)7-11(13)5-4-9(14-3)6-10(11)12/h4-6,8,10H,7,12-13H2,1-3H3. The molecule has 0 aromatic rings. The van der Waals surface area contributed by atoms with E-state index < -0.39 is 5.54 Å². The van der Waals surface area contributed by atoms with Crippen molar-refractivity contribution in [1.29, 1.82) is 0 Å². The molecule has 3 nitrogen and oxygen atoms in total. The SMILES string of the molecule is COC1=CC(N)C(N)(CC(C)C)C=C1. The zero-order chi connectivity index (χ0) is 10.8. The molecular weight excluding hydrogens is 176 g/mol. The van der Waals surface area contributed by atoms with Crippen LogP contribution in [0.1, 0.15) is 20.3 Å². The van der Waals surface area contributed by atoms with E-state index in [0.717, 1.165) is 12.2 Å². The smallest absolute Gasteiger partial charge is 0.116 e. The normalized spacial score (nSPS) is 31.9. The monoisotopic (exact) mass is 196 g/mol. The maximum absolute atomic E-state index is 6.21. The minimum absolute atomic E-state index is 0.162. The highest BCUT2D eigenvalue weighted by molar-refractivity contribution is 5.30. The van der Waals surface area contributed by atoms with Gasteiger partial charge in [-0.3, -0.25) is 0 Å². The lowest BCUT2D eigenvalue weighted by molar-refractivity contribution is 0.290. The van der Waals surface area contributed by atoms with Crippen molar-refractivity contribution in [1.82, 2.24) is 0 Å². The van der Waals surface area contributed by atoms with Crippen LogP contribution >= 0.6 is 0 Å². The molecule has 0 heterocycles. The number of allylic oxidation sites excluding steroid dienone is 1. The molecule has 3 heteroatoms. The van der Waals surface area contributed by atoms with Gasteiger partial charge in [0.2, 0.25) is 0 Å². The lowest BCUT2D eigenvalue weighted by Crippen LogP contribution is -2.54. The molecule has 0 saturated carbocycles. The molecule has 4 N–H and O–H groups in total. The van der Waals surface area contributed by atoms with Crippen molar-refractivity contribution in [3.63, 3.8) is 0 Å². The molecule has 14 heavy (non-hydrogen) atoms. The fourth-order valence-electron chi connectivity index (χ4n) is 1.78. The Hall–Kier alpha value is -0.800. The first-order valence-corrected chi connectivity index (χ1v) is 4.97. The van der Waals surface area contributed by atoms with Crippen LogP contribution < -0.4 is 11.5 Å². The maximum Gasteiger partial charge on any atom is 0.116 e. The zero-order valence-electron chi connectivity index (χ0n) is 9.16. The second kappa shape index (κ2) is 4.15. The fourth-order valence-corrected chi connectivity index (χ4v) is 1.78. The number of methoxy groups -OCH3 is 1. The molecular formula is C11H20N2O. The Morgan fingerprint density at radius 1 is 1.57 bits per heavy atom. The van der Waals surface area contributed by atoms with E-state index in [1.807, 2.05) is 18.2 Å². The van der Waals surface area contributed by atoms with Crippen molar-refractivity contribution in [2.24, 2.45) is 17.4 Å². The Morgan fingerprint density at radius 3 is 2.64 bits per heavy atom. The molecule has 80 valence electrons. The predicted octanol–water partition coefficient (Wildman–Crippen LogP) is 1.16. The van der Waals surface area contributed by atoms with Gasteiger partial charge in [-0.05, 0) is 24.5 Å². The van der Waals surface area contributed by atoms with Crippen LogP contribution in [0.3, 0.4) is 0 Å². The van der Waals surface area contributed by atoms with Crippen molar-refractivity contribution in [3.8, 4) is 0 Å². The van der Waals surface area contributed by atoms with Crippen molar-refractivity contribution >= 4 is 0 Å². The molecule has 0 bridgehead atoms. The predicted molar refractivity (Wildman–Crippen MR) is 58.6 cm³/mol. The summed E-state index contributed by atoms with van der Waals surface area (Å²) >= 11 is 0. The molecule has 0 aromatic carbocycles. The Kier molecular flexibility index (Phi) is 3.34. The van der Waals surface area contributed by atoms with Gasteiger partial charge in [0.25, 0.3) is 0 Å². The Labute approximate surface area is 85.8 Å². The summed E-state index contributed by atoms with van der Waals surface area (Å²) < 4.78 is 5.10. The van der Waals surface area contributed by atoms with Gasteiger partial charge in [-0.25, -0.2) is 0 Å². The van der Waals surface area contributed by atoms with E-state index in [2.05, 4.69) is 13.8 Å². The van der Waals surface area contributed by atoms with Crippen LogP contribution in [-0.2, 0) is 4.74 Å². The highest BCUT2D eigenvalue weighted by Crippen LogP contribution is 2.24. The van der Waals surface area contributed by atoms with Crippen molar-refractivity contribution in [2.75, 3.05) is 7.11 Å². The molecule has 2 atom stereocenters. The average Bonchev–Trinajstić information content (AvgIpc) is 2.09. The van der Waals surface area contributed by atoms with Gasteiger partial charge in [0.15, 0.2) is 0 Å². The number of hydrogen-bond donors (Lipinski definition) is 2. The van der Waals surface area contributed by atoms with Gasteiger partial charge in [0.1, 0.15) is 5.76 Å². The molecule has 0 saturated heterocycles. The topological polar surface area (TPSA) is 61.3 Å². The van der Waals surface area contributed by atoms with Gasteiger partial charge >= 0.3 is 0 Å².